The van der Waals surface area contributed by atoms with Crippen LogP contribution < -0.4 is 10.0 Å². The number of hydrogen-bond acceptors (Lipinski definition) is 4. The Hall–Kier alpha value is -1.44. The molecule has 1 heterocycles. The van der Waals surface area contributed by atoms with Gasteiger partial charge in [0.25, 0.3) is 0 Å². The number of benzene rings is 1. The maximum atomic E-state index is 12.2. The van der Waals surface area contributed by atoms with Crippen molar-refractivity contribution >= 4 is 21.6 Å². The first-order valence-corrected chi connectivity index (χ1v) is 10.4. The molecular weight excluding hydrogens is 338 g/mol. The van der Waals surface area contributed by atoms with E-state index in [0.29, 0.717) is 18.2 Å². The number of carbonyl (C=O) groups excluding carboxylic acids is 1. The fourth-order valence-corrected chi connectivity index (χ4v) is 4.29. The van der Waals surface area contributed by atoms with E-state index in [1.54, 1.807) is 12.1 Å². The quantitative estimate of drug-likeness (QED) is 0.776. The summed E-state index contributed by atoms with van der Waals surface area (Å²) in [6, 6.07) is 6.17. The smallest absolute Gasteiger partial charge is 0.240 e. The molecule has 25 heavy (non-hydrogen) atoms. The lowest BCUT2D eigenvalue weighted by atomic mass is 10.0. The predicted octanol–water partition coefficient (Wildman–Crippen LogP) is 2.43. The van der Waals surface area contributed by atoms with Crippen molar-refractivity contribution < 1.29 is 13.2 Å². The van der Waals surface area contributed by atoms with Gasteiger partial charge in [0.1, 0.15) is 0 Å². The van der Waals surface area contributed by atoms with E-state index in [1.165, 1.54) is 18.6 Å². The van der Waals surface area contributed by atoms with Crippen molar-refractivity contribution in [2.75, 3.05) is 25.0 Å². The maximum Gasteiger partial charge on any atom is 0.240 e. The minimum Gasteiger partial charge on any atom is -0.325 e. The van der Waals surface area contributed by atoms with Crippen LogP contribution in [0.5, 0.6) is 0 Å². The molecule has 1 aliphatic heterocycles. The van der Waals surface area contributed by atoms with Crippen LogP contribution in [0, 0.1) is 5.92 Å². The summed E-state index contributed by atoms with van der Waals surface area (Å²) in [5.74, 6) is 0.562. The molecule has 0 aliphatic carbocycles. The molecule has 7 heteroatoms. The molecule has 1 aromatic rings. The van der Waals surface area contributed by atoms with Crippen molar-refractivity contribution in [3.63, 3.8) is 0 Å². The van der Waals surface area contributed by atoms with Crippen molar-refractivity contribution in [1.29, 1.82) is 0 Å². The number of piperidine rings is 1. The van der Waals surface area contributed by atoms with Gasteiger partial charge in [-0.2, -0.15) is 0 Å². The molecule has 6 nitrogen and oxygen atoms in total. The lowest BCUT2D eigenvalue weighted by Crippen LogP contribution is -2.39. The largest absolute Gasteiger partial charge is 0.325 e. The Morgan fingerprint density at radius 2 is 2.00 bits per heavy atom. The highest BCUT2D eigenvalue weighted by Crippen LogP contribution is 2.17. The fraction of sp³-hybridized carbons (Fsp3) is 0.611. The Labute approximate surface area is 151 Å². The van der Waals surface area contributed by atoms with E-state index in [0.717, 1.165) is 25.9 Å². The Morgan fingerprint density at radius 1 is 1.32 bits per heavy atom. The van der Waals surface area contributed by atoms with Gasteiger partial charge in [-0.1, -0.05) is 13.8 Å². The predicted molar refractivity (Wildman–Crippen MR) is 100.0 cm³/mol. The molecule has 1 saturated heterocycles. The minimum atomic E-state index is -3.52. The van der Waals surface area contributed by atoms with Crippen LogP contribution in [-0.2, 0) is 14.8 Å². The zero-order valence-electron chi connectivity index (χ0n) is 15.3. The molecule has 0 aromatic heterocycles. The standard InChI is InChI=1S/C18H29N3O3S/c1-4-15(3)20-25(23,24)17-9-7-16(8-10-17)19-18(22)13-21-11-5-6-14(2)12-21/h7-10,14-15,20H,4-6,11-13H2,1-3H3,(H,19,22)/t14-,15-/m0/s1. The molecule has 2 atom stereocenters. The normalized spacial score (nSPS) is 20.2. The second kappa shape index (κ2) is 8.78. The van der Waals surface area contributed by atoms with Crippen molar-refractivity contribution in [3.05, 3.63) is 24.3 Å². The van der Waals surface area contributed by atoms with Crippen molar-refractivity contribution in [2.45, 2.75) is 51.0 Å². The molecule has 0 bridgehead atoms. The van der Waals surface area contributed by atoms with Crippen molar-refractivity contribution in [1.82, 2.24) is 9.62 Å². The van der Waals surface area contributed by atoms with Crippen LogP contribution in [0.2, 0.25) is 0 Å². The fourth-order valence-electron chi connectivity index (χ4n) is 2.97. The maximum absolute atomic E-state index is 12.2. The van der Waals surface area contributed by atoms with Crippen LogP contribution >= 0.6 is 0 Å². The summed E-state index contributed by atoms with van der Waals surface area (Å²) in [6.45, 7) is 8.24. The summed E-state index contributed by atoms with van der Waals surface area (Å²) in [5, 5.41) is 2.84. The first-order chi connectivity index (χ1) is 11.8. The van der Waals surface area contributed by atoms with Gasteiger partial charge in [-0.15, -0.1) is 0 Å². The van der Waals surface area contributed by atoms with Crippen molar-refractivity contribution in [2.24, 2.45) is 5.92 Å². The molecule has 1 aromatic carbocycles. The number of amides is 1. The molecular formula is C18H29N3O3S. The third-order valence-corrected chi connectivity index (χ3v) is 6.13. The monoisotopic (exact) mass is 367 g/mol. The summed E-state index contributed by atoms with van der Waals surface area (Å²) in [5.41, 5.74) is 0.609. The second-order valence-electron chi connectivity index (χ2n) is 6.99. The molecule has 0 radical (unpaired) electrons. The lowest BCUT2D eigenvalue weighted by Gasteiger charge is -2.30. The van der Waals surface area contributed by atoms with E-state index in [-0.39, 0.29) is 16.8 Å². The lowest BCUT2D eigenvalue weighted by molar-refractivity contribution is -0.117. The average Bonchev–Trinajstić information content (AvgIpc) is 2.54. The third-order valence-electron chi connectivity index (χ3n) is 4.53. The highest BCUT2D eigenvalue weighted by molar-refractivity contribution is 7.89. The molecule has 140 valence electrons. The molecule has 1 aliphatic rings. The van der Waals surface area contributed by atoms with Crippen LogP contribution in [0.15, 0.2) is 29.2 Å². The second-order valence-corrected chi connectivity index (χ2v) is 8.70. The van der Waals surface area contributed by atoms with Crippen molar-refractivity contribution in [3.8, 4) is 0 Å². The van der Waals surface area contributed by atoms with Gasteiger partial charge >= 0.3 is 0 Å². The molecule has 2 rings (SSSR count). The first kappa shape index (κ1) is 19.9. The van der Waals surface area contributed by atoms with Crippen LogP contribution in [0.25, 0.3) is 0 Å². The number of sulfonamides is 1. The van der Waals surface area contributed by atoms with E-state index < -0.39 is 10.0 Å². The van der Waals surface area contributed by atoms with Gasteiger partial charge in [-0.25, -0.2) is 13.1 Å². The molecule has 2 N–H and O–H groups in total. The summed E-state index contributed by atoms with van der Waals surface area (Å²) >= 11 is 0. The zero-order valence-corrected chi connectivity index (χ0v) is 16.1. The van der Waals surface area contributed by atoms with E-state index in [9.17, 15) is 13.2 Å². The molecule has 1 fully saturated rings. The van der Waals surface area contributed by atoms with E-state index >= 15 is 0 Å². The topological polar surface area (TPSA) is 78.5 Å². The summed E-state index contributed by atoms with van der Waals surface area (Å²) < 4.78 is 27.1. The summed E-state index contributed by atoms with van der Waals surface area (Å²) in [6.07, 6.45) is 3.07. The Balaban J connectivity index is 1.92. The summed E-state index contributed by atoms with van der Waals surface area (Å²) in [7, 11) is -3.52. The number of nitrogens with zero attached hydrogens (tertiary/aromatic N) is 1. The molecule has 0 spiro atoms. The van der Waals surface area contributed by atoms with Gasteiger partial charge in [-0.3, -0.25) is 9.69 Å². The third kappa shape index (κ3) is 6.09. The van der Waals surface area contributed by atoms with Gasteiger partial charge < -0.3 is 5.32 Å². The van der Waals surface area contributed by atoms with Gasteiger partial charge in [0.05, 0.1) is 11.4 Å². The Kier molecular flexibility index (Phi) is 6.98. The van der Waals surface area contributed by atoms with Gasteiger partial charge in [-0.05, 0) is 62.9 Å². The van der Waals surface area contributed by atoms with Crippen LogP contribution in [0.3, 0.4) is 0 Å². The first-order valence-electron chi connectivity index (χ1n) is 8.94. The number of carbonyl (C=O) groups is 1. The van der Waals surface area contributed by atoms with Crippen LogP contribution in [0.1, 0.15) is 40.0 Å². The van der Waals surface area contributed by atoms with Gasteiger partial charge in [0, 0.05) is 18.3 Å². The number of likely N-dealkylation sites (tertiary alicyclic amines) is 1. The van der Waals surface area contributed by atoms with Crippen LogP contribution in [0.4, 0.5) is 5.69 Å². The SMILES string of the molecule is CC[C@H](C)NS(=O)(=O)c1ccc(NC(=O)CN2CCC[C@H](C)C2)cc1. The minimum absolute atomic E-state index is 0.0672. The number of hydrogen-bond donors (Lipinski definition) is 2. The molecule has 1 amide bonds. The highest BCUT2D eigenvalue weighted by atomic mass is 32.2. The van der Waals surface area contributed by atoms with Crippen LogP contribution in [-0.4, -0.2) is 44.9 Å². The Bertz CT molecular complexity index is 673. The van der Waals surface area contributed by atoms with Gasteiger partial charge in [0.15, 0.2) is 0 Å². The van der Waals surface area contributed by atoms with E-state index in [1.807, 2.05) is 13.8 Å². The Morgan fingerprint density at radius 3 is 2.60 bits per heavy atom. The highest BCUT2D eigenvalue weighted by Gasteiger charge is 2.19. The average molecular weight is 368 g/mol. The number of anilines is 1. The number of nitrogens with one attached hydrogen (secondary N) is 2. The zero-order chi connectivity index (χ0) is 18.4. The van der Waals surface area contributed by atoms with E-state index in [4.69, 9.17) is 0 Å². The molecule has 0 saturated carbocycles. The number of rotatable bonds is 7. The van der Waals surface area contributed by atoms with Gasteiger partial charge in [0.2, 0.25) is 15.9 Å². The van der Waals surface area contributed by atoms with E-state index in [2.05, 4.69) is 21.9 Å². The molecule has 0 unspecified atom stereocenters. The summed E-state index contributed by atoms with van der Waals surface area (Å²) in [4.78, 5) is 14.5.